The van der Waals surface area contributed by atoms with Gasteiger partial charge in [0.25, 0.3) is 0 Å². The van der Waals surface area contributed by atoms with E-state index in [4.69, 9.17) is 14.7 Å². The van der Waals surface area contributed by atoms with Gasteiger partial charge in [0.1, 0.15) is 5.56 Å². The number of thioether (sulfide) groups is 1. The summed E-state index contributed by atoms with van der Waals surface area (Å²) in [5.41, 5.74) is 5.74. The first-order valence-electron chi connectivity index (χ1n) is 9.73. The second-order valence-electron chi connectivity index (χ2n) is 8.44. The van der Waals surface area contributed by atoms with E-state index in [1.54, 1.807) is 4.68 Å². The molecule has 0 atom stereocenters. The first-order valence-corrected chi connectivity index (χ1v) is 10.7. The molecule has 158 valence electrons. The van der Waals surface area contributed by atoms with E-state index < -0.39 is 0 Å². The van der Waals surface area contributed by atoms with Gasteiger partial charge in [-0.3, -0.25) is 4.79 Å². The third-order valence-electron chi connectivity index (χ3n) is 5.36. The number of hydrogen-bond donors (Lipinski definition) is 0. The molecule has 3 rings (SSSR count). The normalized spacial score (nSPS) is 14.8. The second kappa shape index (κ2) is 8.69. The van der Waals surface area contributed by atoms with E-state index in [9.17, 15) is 4.79 Å². The van der Waals surface area contributed by atoms with E-state index in [-0.39, 0.29) is 17.3 Å². The molecular weight excluding hydrogens is 388 g/mol. The minimum absolute atomic E-state index is 0.00558. The minimum Gasteiger partial charge on any atom is -0.475 e. The minimum atomic E-state index is -0.0203. The third-order valence-corrected chi connectivity index (χ3v) is 6.59. The molecular formula is C22H30N2O4S. The van der Waals surface area contributed by atoms with Crippen molar-refractivity contribution < 1.29 is 9.53 Å². The molecule has 0 fully saturated rings. The summed E-state index contributed by atoms with van der Waals surface area (Å²) in [4.78, 5) is 29.0. The molecule has 1 aromatic carbocycles. The molecule has 1 aromatic heterocycles. The number of ether oxygens (including phenoxy) is 1. The van der Waals surface area contributed by atoms with Crippen LogP contribution in [0.4, 0.5) is 0 Å². The first kappa shape index (κ1) is 23.1. The molecule has 0 amide bonds. The van der Waals surface area contributed by atoms with Gasteiger partial charge in [0.2, 0.25) is 11.7 Å². The summed E-state index contributed by atoms with van der Waals surface area (Å²) in [6.07, 6.45) is 1.10. The molecule has 1 aliphatic heterocycles. The van der Waals surface area contributed by atoms with Gasteiger partial charge >= 0.3 is 0 Å². The van der Waals surface area contributed by atoms with Gasteiger partial charge in [0.05, 0.1) is 11.8 Å². The Bertz CT molecular complexity index is 932. The van der Waals surface area contributed by atoms with E-state index in [2.05, 4.69) is 38.9 Å². The van der Waals surface area contributed by atoms with Crippen LogP contribution in [0.1, 0.15) is 72.4 Å². The van der Waals surface area contributed by atoms with Gasteiger partial charge in [-0.25, -0.2) is 4.68 Å². The highest BCUT2D eigenvalue weighted by atomic mass is 32.2. The molecule has 0 N–H and O–H groups in total. The topological polar surface area (TPSA) is 78.3 Å². The van der Waals surface area contributed by atoms with Crippen LogP contribution >= 0.6 is 11.8 Å². The average Bonchev–Trinajstić information content (AvgIpc) is 2.91. The molecule has 0 saturated heterocycles. The van der Waals surface area contributed by atoms with Crippen LogP contribution in [0, 0.1) is 30.7 Å². The van der Waals surface area contributed by atoms with Gasteiger partial charge in [-0.1, -0.05) is 13.8 Å². The number of aryl methyl sites for hydroxylation is 3. The number of rotatable bonds is 4. The van der Waals surface area contributed by atoms with E-state index in [1.165, 1.54) is 16.0 Å². The molecule has 2 aromatic rings. The Morgan fingerprint density at radius 1 is 1.24 bits per heavy atom. The van der Waals surface area contributed by atoms with Crippen molar-refractivity contribution in [1.82, 2.24) is 9.78 Å². The Balaban J connectivity index is 0.00000145. The highest BCUT2D eigenvalue weighted by Gasteiger charge is 2.34. The molecule has 7 heteroatoms. The predicted molar refractivity (Wildman–Crippen MR) is 118 cm³/mol. The number of carbonyl (C=O) groups is 1. The Morgan fingerprint density at radius 2 is 1.86 bits per heavy atom. The Kier molecular flexibility index (Phi) is 6.93. The lowest BCUT2D eigenvalue weighted by Gasteiger charge is -2.35. The van der Waals surface area contributed by atoms with Crippen molar-refractivity contribution >= 4 is 17.5 Å². The van der Waals surface area contributed by atoms with Crippen molar-refractivity contribution in [2.45, 2.75) is 71.3 Å². The van der Waals surface area contributed by atoms with Crippen LogP contribution < -0.4 is 4.74 Å². The molecule has 6 nitrogen and oxygen atoms in total. The van der Waals surface area contributed by atoms with Crippen molar-refractivity contribution in [3.8, 4) is 5.88 Å². The van der Waals surface area contributed by atoms with Crippen molar-refractivity contribution in [1.29, 1.82) is 0 Å². The number of fused-ring (bicyclic) bond motifs is 1. The first-order chi connectivity index (χ1) is 13.5. The fourth-order valence-corrected chi connectivity index (χ4v) is 5.73. The molecule has 0 aliphatic carbocycles. The summed E-state index contributed by atoms with van der Waals surface area (Å²) in [6, 6.07) is 2.05. The number of aromatic nitrogens is 2. The van der Waals surface area contributed by atoms with Gasteiger partial charge in [0, 0.05) is 27.4 Å². The van der Waals surface area contributed by atoms with Crippen LogP contribution in [-0.2, 0) is 12.5 Å². The molecule has 0 bridgehead atoms. The number of ketones is 1. The fraction of sp³-hybridized carbons (Fsp3) is 0.545. The van der Waals surface area contributed by atoms with Crippen LogP contribution in [0.5, 0.6) is 5.88 Å². The zero-order valence-corrected chi connectivity index (χ0v) is 19.3. The summed E-state index contributed by atoms with van der Waals surface area (Å²) in [5, 5.41) is 4.45. The lowest BCUT2D eigenvalue weighted by Crippen LogP contribution is -2.26. The lowest BCUT2D eigenvalue weighted by molar-refractivity contribution is 0.103. The third kappa shape index (κ3) is 4.25. The molecule has 0 spiro atoms. The molecule has 2 heterocycles. The molecule has 29 heavy (non-hydrogen) atoms. The summed E-state index contributed by atoms with van der Waals surface area (Å²) in [5.74, 6) is 1.68. The van der Waals surface area contributed by atoms with Crippen molar-refractivity contribution in [3.05, 3.63) is 49.5 Å². The molecule has 0 saturated carbocycles. The maximum absolute atomic E-state index is 13.6. The smallest absolute Gasteiger partial charge is 0.223 e. The Hall–Kier alpha value is -2.15. The fourth-order valence-electron chi connectivity index (χ4n) is 4.05. The summed E-state index contributed by atoms with van der Waals surface area (Å²) in [7, 11) is 1.83. The van der Waals surface area contributed by atoms with Crippen LogP contribution in [0.25, 0.3) is 0 Å². The second-order valence-corrected chi connectivity index (χ2v) is 9.54. The predicted octanol–water partition coefficient (Wildman–Crippen LogP) is 5.20. The van der Waals surface area contributed by atoms with Gasteiger partial charge in [-0.2, -0.15) is 5.10 Å². The maximum atomic E-state index is 13.6. The number of carbonyl (C=O) groups excluding carboxylic acids is 1. The summed E-state index contributed by atoms with van der Waals surface area (Å²) >= 11 is 1.91. The van der Waals surface area contributed by atoms with Gasteiger partial charge < -0.3 is 4.74 Å². The van der Waals surface area contributed by atoms with E-state index in [0.29, 0.717) is 17.1 Å². The van der Waals surface area contributed by atoms with Gasteiger partial charge in [-0.05, 0) is 75.0 Å². The van der Waals surface area contributed by atoms with Crippen molar-refractivity contribution in [2.75, 3.05) is 5.75 Å². The lowest BCUT2D eigenvalue weighted by atomic mass is 9.76. The summed E-state index contributed by atoms with van der Waals surface area (Å²) < 4.78 is 7.61. The maximum Gasteiger partial charge on any atom is 0.223 e. The van der Waals surface area contributed by atoms with E-state index >= 15 is 0 Å². The van der Waals surface area contributed by atoms with E-state index in [0.717, 1.165) is 23.3 Å². The SMILES string of the molecule is Cc1cc(C(=O)c2c(C)nn(C)c2OC(C)C)c(C)c2c1SCCC2(C)C.O=O. The zero-order valence-electron chi connectivity index (χ0n) is 18.5. The van der Waals surface area contributed by atoms with Crippen LogP contribution in [-0.4, -0.2) is 27.4 Å². The van der Waals surface area contributed by atoms with Gasteiger partial charge in [0.15, 0.2) is 0 Å². The van der Waals surface area contributed by atoms with Gasteiger partial charge in [-0.15, -0.1) is 11.8 Å². The largest absolute Gasteiger partial charge is 0.475 e. The average molecular weight is 419 g/mol. The van der Waals surface area contributed by atoms with Crippen LogP contribution in [0.2, 0.25) is 0 Å². The molecule has 1 aliphatic rings. The molecule has 0 unspecified atom stereocenters. The Labute approximate surface area is 176 Å². The van der Waals surface area contributed by atoms with Crippen LogP contribution in [0.15, 0.2) is 11.0 Å². The monoisotopic (exact) mass is 418 g/mol. The quantitative estimate of drug-likeness (QED) is 0.635. The van der Waals surface area contributed by atoms with Crippen molar-refractivity contribution in [2.24, 2.45) is 7.05 Å². The Morgan fingerprint density at radius 3 is 2.45 bits per heavy atom. The zero-order chi connectivity index (χ0) is 22.1. The van der Waals surface area contributed by atoms with Crippen LogP contribution in [0.3, 0.4) is 0 Å². The highest BCUT2D eigenvalue weighted by molar-refractivity contribution is 7.99. The van der Waals surface area contributed by atoms with E-state index in [1.807, 2.05) is 39.6 Å². The summed E-state index contributed by atoms with van der Waals surface area (Å²) in [6.45, 7) is 14.6. The van der Waals surface area contributed by atoms with Crippen molar-refractivity contribution in [3.63, 3.8) is 0 Å². The highest BCUT2D eigenvalue weighted by Crippen LogP contribution is 2.46. The number of hydrogen-bond acceptors (Lipinski definition) is 6. The number of nitrogens with zero attached hydrogens (tertiary/aromatic N) is 2. The molecule has 0 radical (unpaired) electrons. The standard InChI is InChI=1S/C22H30N2O2S.O2/c1-12(2)26-21-17(15(5)23-24(21)8)19(25)16-11-13(3)20-18(14(16)4)22(6,7)9-10-27-20;1-2/h11-12H,9-10H2,1-8H3;. The number of benzene rings is 1.